The van der Waals surface area contributed by atoms with Gasteiger partial charge in [-0.2, -0.15) is 13.2 Å². The van der Waals surface area contributed by atoms with Crippen molar-refractivity contribution in [2.45, 2.75) is 17.7 Å². The molecule has 0 heterocycles. The van der Waals surface area contributed by atoms with Crippen LogP contribution < -0.4 is 20.7 Å². The summed E-state index contributed by atoms with van der Waals surface area (Å²) in [4.78, 5) is 39.5. The normalized spacial score (nSPS) is 11.4. The number of thioether (sulfide) groups is 1. The maximum absolute atomic E-state index is 13.4. The van der Waals surface area contributed by atoms with Gasteiger partial charge in [0.05, 0.1) is 17.0 Å². The zero-order valence-electron chi connectivity index (χ0n) is 25.9. The molecule has 0 saturated carbocycles. The fraction of sp³-hybridized carbons (Fsp3) is 0.0789. The van der Waals surface area contributed by atoms with Crippen LogP contribution in [0.4, 0.5) is 24.5 Å². The molecule has 11 heteroatoms. The van der Waals surface area contributed by atoms with Crippen LogP contribution in [0.2, 0.25) is 0 Å². The average Bonchev–Trinajstić information content (AvgIpc) is 3.11. The minimum atomic E-state index is -4.60. The zero-order chi connectivity index (χ0) is 34.6. The number of benzene rings is 5. The number of carbonyl (C=O) groups excluding carboxylic acids is 3. The van der Waals surface area contributed by atoms with Crippen molar-refractivity contribution in [2.75, 3.05) is 16.4 Å². The lowest BCUT2D eigenvalue weighted by molar-refractivity contribution is -0.137. The Bertz CT molecular complexity index is 1920. The highest BCUT2D eigenvalue weighted by Gasteiger charge is 2.33. The second-order valence-electron chi connectivity index (χ2n) is 10.6. The summed E-state index contributed by atoms with van der Waals surface area (Å²) in [5, 5.41) is 7.79. The van der Waals surface area contributed by atoms with Gasteiger partial charge in [0.25, 0.3) is 11.8 Å². The molecule has 5 aromatic carbocycles. The number of hydrogen-bond donors (Lipinski definition) is 3. The number of halogens is 3. The summed E-state index contributed by atoms with van der Waals surface area (Å²) in [5.74, 6) is -1.13. The number of nitrogens with one attached hydrogen (secondary N) is 3. The Kier molecular flexibility index (Phi) is 11.5. The minimum absolute atomic E-state index is 0.000989. The first-order chi connectivity index (χ1) is 23.6. The number of alkyl halides is 3. The van der Waals surface area contributed by atoms with Gasteiger partial charge in [0, 0.05) is 16.1 Å². The van der Waals surface area contributed by atoms with Crippen LogP contribution in [-0.2, 0) is 22.4 Å². The number of amides is 3. The SMILES string of the molecule is O=C(CSc1ccc(NC(=O)/C(=C/c2ccc(OCc3ccccc3)cc2)NC(=O)c2ccccc2)cc1)Nc1ccccc1C(F)(F)F. The van der Waals surface area contributed by atoms with E-state index < -0.39 is 29.5 Å². The van der Waals surface area contributed by atoms with Gasteiger partial charge in [-0.05, 0) is 77.9 Å². The Morgan fingerprint density at radius 2 is 1.35 bits per heavy atom. The van der Waals surface area contributed by atoms with E-state index in [0.717, 1.165) is 23.4 Å². The molecule has 0 aliphatic carbocycles. The Morgan fingerprint density at radius 3 is 2.02 bits per heavy atom. The van der Waals surface area contributed by atoms with Crippen LogP contribution in [0, 0.1) is 0 Å². The van der Waals surface area contributed by atoms with Gasteiger partial charge in [-0.3, -0.25) is 14.4 Å². The summed E-state index contributed by atoms with van der Waals surface area (Å²) >= 11 is 1.12. The van der Waals surface area contributed by atoms with Crippen LogP contribution in [0.15, 0.2) is 144 Å². The van der Waals surface area contributed by atoms with Crippen LogP contribution in [0.3, 0.4) is 0 Å². The van der Waals surface area contributed by atoms with Crippen LogP contribution >= 0.6 is 11.8 Å². The number of para-hydroxylation sites is 1. The third kappa shape index (κ3) is 10.3. The molecule has 0 aromatic heterocycles. The van der Waals surface area contributed by atoms with Gasteiger partial charge in [0.2, 0.25) is 5.91 Å². The van der Waals surface area contributed by atoms with E-state index in [9.17, 15) is 27.6 Å². The lowest BCUT2D eigenvalue weighted by Crippen LogP contribution is -2.30. The molecule has 5 rings (SSSR count). The maximum atomic E-state index is 13.4. The quantitative estimate of drug-likeness (QED) is 0.0908. The Hall–Kier alpha value is -5.81. The predicted octanol–water partition coefficient (Wildman–Crippen LogP) is 8.42. The van der Waals surface area contributed by atoms with Gasteiger partial charge in [-0.1, -0.05) is 72.8 Å². The fourth-order valence-corrected chi connectivity index (χ4v) is 5.22. The standard InChI is InChI=1S/C38H30F3N3O4S/c39-38(40,41)32-13-7-8-14-33(32)43-35(45)25-49-31-21-17-29(18-22-31)42-37(47)34(44-36(46)28-11-5-2-6-12-28)23-26-15-19-30(20-16-26)48-24-27-9-3-1-4-10-27/h1-23H,24-25H2,(H,42,47)(H,43,45)(H,44,46)/b34-23-. The van der Waals surface area contributed by atoms with Crippen molar-refractivity contribution in [1.29, 1.82) is 0 Å². The van der Waals surface area contributed by atoms with Crippen LogP contribution in [0.1, 0.15) is 27.0 Å². The molecule has 0 atom stereocenters. The average molecular weight is 682 g/mol. The molecule has 0 fully saturated rings. The van der Waals surface area contributed by atoms with E-state index in [-0.39, 0.29) is 17.1 Å². The third-order valence-electron chi connectivity index (χ3n) is 6.96. The van der Waals surface area contributed by atoms with Crippen LogP contribution in [0.5, 0.6) is 5.75 Å². The molecular formula is C38H30F3N3O4S. The highest BCUT2D eigenvalue weighted by Crippen LogP contribution is 2.34. The molecule has 0 unspecified atom stereocenters. The zero-order valence-corrected chi connectivity index (χ0v) is 26.7. The molecule has 0 aliphatic rings. The third-order valence-corrected chi connectivity index (χ3v) is 7.97. The fourth-order valence-electron chi connectivity index (χ4n) is 4.52. The van der Waals surface area contributed by atoms with E-state index in [2.05, 4.69) is 16.0 Å². The number of anilines is 2. The summed E-state index contributed by atoms with van der Waals surface area (Å²) in [7, 11) is 0. The van der Waals surface area contributed by atoms with Gasteiger partial charge >= 0.3 is 6.18 Å². The van der Waals surface area contributed by atoms with Crippen molar-refractivity contribution in [3.8, 4) is 5.75 Å². The minimum Gasteiger partial charge on any atom is -0.489 e. The van der Waals surface area contributed by atoms with Crippen molar-refractivity contribution >= 4 is 46.9 Å². The monoisotopic (exact) mass is 681 g/mol. The molecule has 248 valence electrons. The van der Waals surface area contributed by atoms with Crippen molar-refractivity contribution < 1.29 is 32.3 Å². The number of hydrogen-bond acceptors (Lipinski definition) is 5. The Balaban J connectivity index is 1.23. The van der Waals surface area contributed by atoms with Gasteiger partial charge < -0.3 is 20.7 Å². The number of carbonyl (C=O) groups is 3. The number of ether oxygens (including phenoxy) is 1. The molecule has 5 aromatic rings. The maximum Gasteiger partial charge on any atom is 0.418 e. The summed E-state index contributed by atoms with van der Waals surface area (Å²) < 4.78 is 45.6. The molecule has 0 aliphatic heterocycles. The smallest absolute Gasteiger partial charge is 0.418 e. The second kappa shape index (κ2) is 16.3. The first-order valence-electron chi connectivity index (χ1n) is 15.0. The predicted molar refractivity (Wildman–Crippen MR) is 185 cm³/mol. The molecule has 49 heavy (non-hydrogen) atoms. The van der Waals surface area contributed by atoms with Crippen molar-refractivity contribution in [3.05, 3.63) is 161 Å². The van der Waals surface area contributed by atoms with Gasteiger partial charge in [0.1, 0.15) is 18.1 Å². The van der Waals surface area contributed by atoms with Gasteiger partial charge in [0.15, 0.2) is 0 Å². The molecule has 0 spiro atoms. The Labute approximate surface area is 285 Å². The first kappa shape index (κ1) is 34.5. The van der Waals surface area contributed by atoms with E-state index in [0.29, 0.717) is 34.1 Å². The summed E-state index contributed by atoms with van der Waals surface area (Å²) in [5.41, 5.74) is 1.23. The lowest BCUT2D eigenvalue weighted by Gasteiger charge is -2.13. The Morgan fingerprint density at radius 1 is 0.714 bits per heavy atom. The topological polar surface area (TPSA) is 96.5 Å². The van der Waals surface area contributed by atoms with Crippen LogP contribution in [-0.4, -0.2) is 23.5 Å². The second-order valence-corrected chi connectivity index (χ2v) is 11.6. The number of rotatable bonds is 12. The van der Waals surface area contributed by atoms with Crippen molar-refractivity contribution in [3.63, 3.8) is 0 Å². The van der Waals surface area contributed by atoms with E-state index in [1.165, 1.54) is 18.2 Å². The van der Waals surface area contributed by atoms with Gasteiger partial charge in [-0.25, -0.2) is 0 Å². The lowest BCUT2D eigenvalue weighted by atomic mass is 10.1. The molecule has 7 nitrogen and oxygen atoms in total. The van der Waals surface area contributed by atoms with E-state index >= 15 is 0 Å². The summed E-state index contributed by atoms with van der Waals surface area (Å²) in [6, 6.07) is 36.6. The molecule has 3 N–H and O–H groups in total. The highest BCUT2D eigenvalue weighted by atomic mass is 32.2. The highest BCUT2D eigenvalue weighted by molar-refractivity contribution is 8.00. The van der Waals surface area contributed by atoms with Crippen LogP contribution in [0.25, 0.3) is 6.08 Å². The van der Waals surface area contributed by atoms with E-state index in [1.807, 2.05) is 30.3 Å². The summed E-state index contributed by atoms with van der Waals surface area (Å²) in [6.07, 6.45) is -3.05. The summed E-state index contributed by atoms with van der Waals surface area (Å²) in [6.45, 7) is 0.401. The molecule has 3 amide bonds. The molecule has 0 bridgehead atoms. The van der Waals surface area contributed by atoms with Gasteiger partial charge in [-0.15, -0.1) is 11.8 Å². The molecule has 0 radical (unpaired) electrons. The first-order valence-corrected chi connectivity index (χ1v) is 16.0. The largest absolute Gasteiger partial charge is 0.489 e. The van der Waals surface area contributed by atoms with Crippen molar-refractivity contribution in [1.82, 2.24) is 5.32 Å². The molecular weight excluding hydrogens is 651 g/mol. The van der Waals surface area contributed by atoms with E-state index in [1.54, 1.807) is 84.9 Å². The van der Waals surface area contributed by atoms with E-state index in [4.69, 9.17) is 4.74 Å². The molecule has 0 saturated heterocycles. The van der Waals surface area contributed by atoms with Crippen molar-refractivity contribution in [2.24, 2.45) is 0 Å².